The topological polar surface area (TPSA) is 0 Å². The number of benzene rings is 3. The van der Waals surface area contributed by atoms with Crippen molar-refractivity contribution in [3.63, 3.8) is 0 Å². The van der Waals surface area contributed by atoms with E-state index in [9.17, 15) is 0 Å². The second-order valence-corrected chi connectivity index (χ2v) is 10.9. The van der Waals surface area contributed by atoms with Crippen molar-refractivity contribution in [3.8, 4) is 0 Å². The minimum atomic E-state index is 0. The van der Waals surface area contributed by atoms with Gasteiger partial charge < -0.3 is 6.92 Å². The molecular weight excluding hydrogens is 458 g/mol. The van der Waals surface area contributed by atoms with Crippen LogP contribution in [0.2, 0.25) is 0 Å². The van der Waals surface area contributed by atoms with Gasteiger partial charge in [-0.2, -0.15) is 6.42 Å². The Morgan fingerprint density at radius 3 is 1.51 bits per heavy atom. The van der Waals surface area contributed by atoms with E-state index in [1.54, 1.807) is 0 Å². The zero-order valence-corrected chi connectivity index (χ0v) is 26.0. The Kier molecular flexibility index (Phi) is 14.7. The van der Waals surface area contributed by atoms with Gasteiger partial charge in [-0.15, -0.1) is 0 Å². The molecule has 0 aliphatic heterocycles. The third-order valence-electron chi connectivity index (χ3n) is 7.44. The van der Waals surface area contributed by atoms with Crippen LogP contribution in [0, 0.1) is 6.92 Å². The van der Waals surface area contributed by atoms with Crippen LogP contribution in [0.3, 0.4) is 0 Å². The number of allylic oxidation sites excluding steroid dienone is 5. The molecule has 2 unspecified atom stereocenters. The van der Waals surface area contributed by atoms with Crippen LogP contribution < -0.4 is 37.7 Å². The summed E-state index contributed by atoms with van der Waals surface area (Å²) in [5, 5.41) is 0. The molecule has 0 amide bonds. The molecule has 194 valence electrons. The van der Waals surface area contributed by atoms with E-state index in [4.69, 9.17) is 0 Å². The molecule has 3 aliphatic rings. The van der Waals surface area contributed by atoms with Crippen LogP contribution in [0.15, 0.2) is 91.0 Å². The molecule has 3 aromatic carbocycles. The quantitative estimate of drug-likeness (QED) is 0.323. The first-order chi connectivity index (χ1) is 17.7. The monoisotopic (exact) mass is 503 g/mol. The van der Waals surface area contributed by atoms with Gasteiger partial charge in [0.25, 0.3) is 0 Å². The van der Waals surface area contributed by atoms with E-state index >= 15 is 0 Å². The maximum Gasteiger partial charge on any atom is 1.00 e. The van der Waals surface area contributed by atoms with Gasteiger partial charge in [-0.05, 0) is 58.4 Å². The van der Waals surface area contributed by atoms with Crippen molar-refractivity contribution < 1.29 is 37.7 Å². The van der Waals surface area contributed by atoms with Gasteiger partial charge in [0.2, 0.25) is 0 Å². The summed E-state index contributed by atoms with van der Waals surface area (Å²) in [6.07, 6.45) is 11.4. The Labute approximate surface area is 263 Å². The van der Waals surface area contributed by atoms with Gasteiger partial charge >= 0.3 is 37.7 Å². The molecule has 39 heavy (non-hydrogen) atoms. The van der Waals surface area contributed by atoms with Crippen molar-refractivity contribution >= 4 is 17.2 Å². The fraction of sp³-hybridized carbons (Fsp3) is 0.324. The fourth-order valence-electron chi connectivity index (χ4n) is 5.23. The number of rotatable bonds is 1. The minimum absolute atomic E-state index is 0. The Morgan fingerprint density at radius 1 is 0.692 bits per heavy atom. The van der Waals surface area contributed by atoms with Crippen LogP contribution in [-0.4, -0.2) is 0 Å². The molecule has 3 aromatic rings. The molecule has 0 nitrogen and oxygen atoms in total. The van der Waals surface area contributed by atoms with Crippen LogP contribution >= 0.6 is 0 Å². The molecule has 0 fully saturated rings. The third kappa shape index (κ3) is 9.04. The Hall–Kier alpha value is -1.93. The molecule has 2 heteroatoms. The smallest absolute Gasteiger partial charge is 0.343 e. The van der Waals surface area contributed by atoms with Crippen molar-refractivity contribution in [3.05, 3.63) is 131 Å². The first-order valence-corrected chi connectivity index (χ1v) is 13.8. The van der Waals surface area contributed by atoms with E-state index in [2.05, 4.69) is 152 Å². The van der Waals surface area contributed by atoms with Gasteiger partial charge in [-0.1, -0.05) is 138 Å². The van der Waals surface area contributed by atoms with Crippen LogP contribution in [0.25, 0.3) is 17.2 Å². The molecule has 0 radical (unpaired) electrons. The number of hydrogen-bond donors (Lipinski definition) is 0. The summed E-state index contributed by atoms with van der Waals surface area (Å²) >= 11 is 0. The van der Waals surface area contributed by atoms with E-state index < -0.39 is 0 Å². The summed E-state index contributed by atoms with van der Waals surface area (Å²) in [6.45, 7) is 19.1. The van der Waals surface area contributed by atoms with Crippen LogP contribution in [0.5, 0.6) is 0 Å². The van der Waals surface area contributed by atoms with Gasteiger partial charge in [0, 0.05) is 17.3 Å². The second-order valence-electron chi connectivity index (χ2n) is 10.9. The molecule has 0 spiro atoms. The van der Waals surface area contributed by atoms with Gasteiger partial charge in [0.05, 0.1) is 0 Å². The zero-order valence-electron chi connectivity index (χ0n) is 26.0. The van der Waals surface area contributed by atoms with E-state index in [0.717, 1.165) is 6.42 Å². The number of hydrogen-bond acceptors (Lipinski definition) is 0. The van der Waals surface area contributed by atoms with Crippen molar-refractivity contribution in [2.24, 2.45) is 0 Å². The Balaban J connectivity index is 0.000000267. The minimum Gasteiger partial charge on any atom is -0.343 e. The van der Waals surface area contributed by atoms with Gasteiger partial charge in [-0.3, -0.25) is 0 Å². The Morgan fingerprint density at radius 2 is 1.10 bits per heavy atom. The molecular formula is C37H45Li2+. The standard InChI is InChI=1S/3C11H12.C4H9.2Li/c1-11(2)8-7-9-5-3-4-6-10(9)11;2*1-8-7-9(2)11-6-4-3-5-10(8)11;1-3-4-2;;/h3*3-8H,1-2H3;1,3-4H2,2H3;;/q;;;-1;2*+1. The summed E-state index contributed by atoms with van der Waals surface area (Å²) in [5.41, 5.74) is 11.7. The van der Waals surface area contributed by atoms with Crippen LogP contribution in [-0.2, 0) is 5.41 Å². The van der Waals surface area contributed by atoms with Crippen LogP contribution in [0.1, 0.15) is 107 Å². The summed E-state index contributed by atoms with van der Waals surface area (Å²) in [4.78, 5) is 0. The Bertz CT molecular complexity index is 1210. The van der Waals surface area contributed by atoms with Crippen molar-refractivity contribution in [1.82, 2.24) is 0 Å². The number of fused-ring (bicyclic) bond motifs is 3. The fourth-order valence-corrected chi connectivity index (χ4v) is 5.23. The maximum atomic E-state index is 3.60. The van der Waals surface area contributed by atoms with E-state index in [0.29, 0.717) is 11.8 Å². The van der Waals surface area contributed by atoms with E-state index in [1.807, 2.05) is 0 Å². The largest absolute Gasteiger partial charge is 1.00 e. The summed E-state index contributed by atoms with van der Waals surface area (Å²) in [6, 6.07) is 25.8. The molecule has 6 rings (SSSR count). The SMILES string of the molecule is CC1(C)C=Cc2ccccc21.CC1=CC(C)c2ccccc21.CC1=CC(C)c2ccccc21.[CH2-]CCC.[Li+].[Li+]. The molecule has 3 aliphatic carbocycles. The molecule has 2 atom stereocenters. The first-order valence-electron chi connectivity index (χ1n) is 13.8. The molecule has 0 saturated carbocycles. The summed E-state index contributed by atoms with van der Waals surface area (Å²) in [5.74, 6) is 1.23. The van der Waals surface area contributed by atoms with Gasteiger partial charge in [0.1, 0.15) is 0 Å². The van der Waals surface area contributed by atoms with Gasteiger partial charge in [-0.25, -0.2) is 0 Å². The second kappa shape index (κ2) is 16.4. The molecule has 0 saturated heterocycles. The van der Waals surface area contributed by atoms with Crippen LogP contribution in [0.4, 0.5) is 0 Å². The predicted molar refractivity (Wildman–Crippen MR) is 166 cm³/mol. The zero-order chi connectivity index (χ0) is 27.0. The maximum absolute atomic E-state index is 3.60. The van der Waals surface area contributed by atoms with Crippen molar-refractivity contribution in [2.45, 2.75) is 78.6 Å². The number of unbranched alkanes of at least 4 members (excludes halogenated alkanes) is 1. The molecule has 0 aromatic heterocycles. The summed E-state index contributed by atoms with van der Waals surface area (Å²) < 4.78 is 0. The summed E-state index contributed by atoms with van der Waals surface area (Å²) in [7, 11) is 0. The predicted octanol–water partition coefficient (Wildman–Crippen LogP) is 5.03. The molecule has 0 bridgehead atoms. The van der Waals surface area contributed by atoms with Crippen molar-refractivity contribution in [2.75, 3.05) is 0 Å². The molecule has 0 N–H and O–H groups in total. The molecule has 0 heterocycles. The van der Waals surface area contributed by atoms with Gasteiger partial charge in [0.15, 0.2) is 0 Å². The van der Waals surface area contributed by atoms with E-state index in [1.165, 1.54) is 50.9 Å². The normalized spacial score (nSPS) is 17.9. The first kappa shape index (κ1) is 35.1. The third-order valence-corrected chi connectivity index (χ3v) is 7.44. The van der Waals surface area contributed by atoms with E-state index in [-0.39, 0.29) is 43.1 Å². The average molecular weight is 504 g/mol. The average Bonchev–Trinajstić information content (AvgIpc) is 3.50. The van der Waals surface area contributed by atoms with Crippen molar-refractivity contribution in [1.29, 1.82) is 0 Å².